The molecule has 0 saturated carbocycles. The molecule has 0 unspecified atom stereocenters. The summed E-state index contributed by atoms with van der Waals surface area (Å²) in [4.78, 5) is 27.4. The molecule has 4 rings (SSSR count). The SMILES string of the molecule is CC(=O)c1cccc(S(=O)(=O)N(Cc2cc3ccc(C)cc3[nH]c2=O)C[C@H]2CCCO2)c1. The van der Waals surface area contributed by atoms with Gasteiger partial charge in [0.05, 0.1) is 11.0 Å². The van der Waals surface area contributed by atoms with Crippen LogP contribution in [0.15, 0.2) is 58.2 Å². The minimum Gasteiger partial charge on any atom is -0.377 e. The zero-order chi connectivity index (χ0) is 22.9. The predicted molar refractivity (Wildman–Crippen MR) is 122 cm³/mol. The lowest BCUT2D eigenvalue weighted by Gasteiger charge is -2.25. The Morgan fingerprint density at radius 3 is 2.72 bits per heavy atom. The second-order valence-electron chi connectivity index (χ2n) is 8.23. The summed E-state index contributed by atoms with van der Waals surface area (Å²) in [5.41, 5.74) is 2.08. The van der Waals surface area contributed by atoms with Crippen molar-refractivity contribution in [3.05, 3.63) is 75.6 Å². The molecule has 1 aliphatic rings. The van der Waals surface area contributed by atoms with Crippen LogP contribution in [0.1, 0.15) is 41.3 Å². The van der Waals surface area contributed by atoms with Crippen LogP contribution in [-0.4, -0.2) is 42.7 Å². The number of Topliss-reactive ketones (excluding diaryl/α,β-unsaturated/α-hetero) is 1. The summed E-state index contributed by atoms with van der Waals surface area (Å²) in [6.45, 7) is 3.97. The third-order valence-corrected chi connectivity index (χ3v) is 7.54. The third kappa shape index (κ3) is 4.67. The number of nitrogens with one attached hydrogen (secondary N) is 1. The number of sulfonamides is 1. The molecule has 1 fully saturated rings. The Kier molecular flexibility index (Phi) is 6.28. The molecule has 32 heavy (non-hydrogen) atoms. The van der Waals surface area contributed by atoms with Gasteiger partial charge in [0.2, 0.25) is 10.0 Å². The van der Waals surface area contributed by atoms with Crippen molar-refractivity contribution in [3.8, 4) is 0 Å². The Morgan fingerprint density at radius 2 is 2.00 bits per heavy atom. The van der Waals surface area contributed by atoms with Crippen LogP contribution in [0.5, 0.6) is 0 Å². The van der Waals surface area contributed by atoms with Crippen LogP contribution < -0.4 is 5.56 Å². The molecule has 1 aliphatic heterocycles. The minimum atomic E-state index is -3.97. The fraction of sp³-hybridized carbons (Fsp3) is 0.333. The van der Waals surface area contributed by atoms with Crippen LogP contribution in [0.2, 0.25) is 0 Å². The molecular weight excluding hydrogens is 428 g/mol. The second-order valence-corrected chi connectivity index (χ2v) is 10.2. The van der Waals surface area contributed by atoms with Crippen molar-refractivity contribution in [2.45, 2.75) is 44.2 Å². The average molecular weight is 455 g/mol. The average Bonchev–Trinajstić information content (AvgIpc) is 3.27. The molecule has 1 saturated heterocycles. The first-order valence-corrected chi connectivity index (χ1v) is 12.0. The Balaban J connectivity index is 1.74. The molecular formula is C24H26N2O5S. The minimum absolute atomic E-state index is 0.0241. The van der Waals surface area contributed by atoms with E-state index in [2.05, 4.69) is 4.98 Å². The second kappa shape index (κ2) is 8.97. The number of nitrogens with zero attached hydrogens (tertiary/aromatic N) is 1. The highest BCUT2D eigenvalue weighted by molar-refractivity contribution is 7.89. The van der Waals surface area contributed by atoms with Gasteiger partial charge in [0.15, 0.2) is 5.78 Å². The first-order valence-electron chi connectivity index (χ1n) is 10.6. The van der Waals surface area contributed by atoms with E-state index in [1.54, 1.807) is 18.2 Å². The van der Waals surface area contributed by atoms with E-state index in [1.165, 1.54) is 23.4 Å². The lowest BCUT2D eigenvalue weighted by atomic mass is 10.1. The molecule has 0 bridgehead atoms. The molecule has 8 heteroatoms. The lowest BCUT2D eigenvalue weighted by molar-refractivity contribution is 0.0925. The number of carbonyl (C=O) groups excluding carboxylic acids is 1. The summed E-state index contributed by atoms with van der Waals surface area (Å²) in [7, 11) is -3.97. The number of benzene rings is 2. The summed E-state index contributed by atoms with van der Waals surface area (Å²) in [6, 6.07) is 13.5. The number of fused-ring (bicyclic) bond motifs is 1. The van der Waals surface area contributed by atoms with Crippen molar-refractivity contribution in [1.82, 2.24) is 9.29 Å². The van der Waals surface area contributed by atoms with Crippen LogP contribution in [-0.2, 0) is 21.3 Å². The van der Waals surface area contributed by atoms with E-state index in [0.717, 1.165) is 23.8 Å². The number of ether oxygens (including phenoxy) is 1. The molecule has 2 heterocycles. The van der Waals surface area contributed by atoms with Gasteiger partial charge in [0.25, 0.3) is 5.56 Å². The molecule has 1 aromatic heterocycles. The molecule has 0 spiro atoms. The van der Waals surface area contributed by atoms with Gasteiger partial charge in [0.1, 0.15) is 0 Å². The van der Waals surface area contributed by atoms with Gasteiger partial charge in [-0.25, -0.2) is 8.42 Å². The molecule has 3 aromatic rings. The Hall–Kier alpha value is -2.81. The van der Waals surface area contributed by atoms with Gasteiger partial charge >= 0.3 is 0 Å². The normalized spacial score (nSPS) is 16.7. The number of hydrogen-bond acceptors (Lipinski definition) is 5. The molecule has 0 aliphatic carbocycles. The highest BCUT2D eigenvalue weighted by Gasteiger charge is 2.30. The number of aryl methyl sites for hydroxylation is 1. The Bertz CT molecular complexity index is 1320. The smallest absolute Gasteiger partial charge is 0.252 e. The van der Waals surface area contributed by atoms with Crippen LogP contribution in [0.4, 0.5) is 0 Å². The number of carbonyl (C=O) groups is 1. The summed E-state index contributed by atoms with van der Waals surface area (Å²) < 4.78 is 34.1. The van der Waals surface area contributed by atoms with Crippen molar-refractivity contribution >= 4 is 26.7 Å². The van der Waals surface area contributed by atoms with E-state index in [1.807, 2.05) is 25.1 Å². The largest absolute Gasteiger partial charge is 0.377 e. The highest BCUT2D eigenvalue weighted by atomic mass is 32.2. The van der Waals surface area contributed by atoms with Gasteiger partial charge < -0.3 is 9.72 Å². The maximum Gasteiger partial charge on any atom is 0.252 e. The number of aromatic nitrogens is 1. The fourth-order valence-electron chi connectivity index (χ4n) is 3.96. The standard InChI is InChI=1S/C24H26N2O5S/c1-16-8-9-19-12-20(24(28)25-23(19)11-16)14-26(15-21-6-4-10-31-21)32(29,30)22-7-3-5-18(13-22)17(2)27/h3,5,7-9,11-13,21H,4,6,10,14-15H2,1-2H3,(H,25,28)/t21-/m1/s1. The number of H-pyrrole nitrogens is 1. The summed E-state index contributed by atoms with van der Waals surface area (Å²) >= 11 is 0. The van der Waals surface area contributed by atoms with E-state index in [-0.39, 0.29) is 35.4 Å². The number of rotatable bonds is 7. The topological polar surface area (TPSA) is 96.5 Å². The van der Waals surface area contributed by atoms with Crippen molar-refractivity contribution < 1.29 is 17.9 Å². The molecule has 1 N–H and O–H groups in total. The zero-order valence-electron chi connectivity index (χ0n) is 18.1. The summed E-state index contributed by atoms with van der Waals surface area (Å²) in [5.74, 6) is -0.214. The highest BCUT2D eigenvalue weighted by Crippen LogP contribution is 2.23. The van der Waals surface area contributed by atoms with E-state index >= 15 is 0 Å². The van der Waals surface area contributed by atoms with Gasteiger partial charge in [-0.3, -0.25) is 9.59 Å². The quantitative estimate of drug-likeness (QED) is 0.552. The number of hydrogen-bond donors (Lipinski definition) is 1. The van der Waals surface area contributed by atoms with Crippen LogP contribution in [0, 0.1) is 6.92 Å². The van der Waals surface area contributed by atoms with Gasteiger partial charge in [-0.15, -0.1) is 0 Å². The zero-order valence-corrected chi connectivity index (χ0v) is 18.9. The van der Waals surface area contributed by atoms with E-state index in [4.69, 9.17) is 4.74 Å². The maximum absolute atomic E-state index is 13.6. The molecule has 1 atom stereocenters. The van der Waals surface area contributed by atoms with E-state index in [9.17, 15) is 18.0 Å². The van der Waals surface area contributed by atoms with Crippen molar-refractivity contribution in [1.29, 1.82) is 0 Å². The first-order chi connectivity index (χ1) is 15.2. The van der Waals surface area contributed by atoms with Crippen LogP contribution >= 0.6 is 0 Å². The molecule has 168 valence electrons. The number of ketones is 1. The van der Waals surface area contributed by atoms with Crippen molar-refractivity contribution in [2.24, 2.45) is 0 Å². The number of aromatic amines is 1. The van der Waals surface area contributed by atoms with Gasteiger partial charge in [-0.05, 0) is 61.9 Å². The van der Waals surface area contributed by atoms with Gasteiger partial charge in [-0.1, -0.05) is 24.3 Å². The maximum atomic E-state index is 13.6. The Morgan fingerprint density at radius 1 is 1.19 bits per heavy atom. The monoisotopic (exact) mass is 454 g/mol. The van der Waals surface area contributed by atoms with Crippen molar-refractivity contribution in [2.75, 3.05) is 13.2 Å². The number of pyridine rings is 1. The molecule has 0 radical (unpaired) electrons. The van der Waals surface area contributed by atoms with Crippen molar-refractivity contribution in [3.63, 3.8) is 0 Å². The van der Waals surface area contributed by atoms with Gasteiger partial charge in [0, 0.05) is 36.3 Å². The van der Waals surface area contributed by atoms with E-state index in [0.29, 0.717) is 23.3 Å². The van der Waals surface area contributed by atoms with Crippen LogP contribution in [0.25, 0.3) is 10.9 Å². The van der Waals surface area contributed by atoms with E-state index < -0.39 is 10.0 Å². The van der Waals surface area contributed by atoms with Crippen LogP contribution in [0.3, 0.4) is 0 Å². The Labute approximate surface area is 187 Å². The summed E-state index contributed by atoms with van der Waals surface area (Å²) in [5, 5.41) is 0.832. The van der Waals surface area contributed by atoms with Gasteiger partial charge in [-0.2, -0.15) is 4.31 Å². The fourth-order valence-corrected chi connectivity index (χ4v) is 5.45. The lowest BCUT2D eigenvalue weighted by Crippen LogP contribution is -2.38. The molecule has 2 aromatic carbocycles. The first kappa shape index (κ1) is 22.4. The molecule has 0 amide bonds. The molecule has 7 nitrogen and oxygen atoms in total. The third-order valence-electron chi connectivity index (χ3n) is 5.73. The summed E-state index contributed by atoms with van der Waals surface area (Å²) in [6.07, 6.45) is 1.39. The predicted octanol–water partition coefficient (Wildman–Crippen LogP) is 3.41.